The van der Waals surface area contributed by atoms with E-state index in [0.717, 1.165) is 5.56 Å². The lowest BCUT2D eigenvalue weighted by Gasteiger charge is -2.30. The van der Waals surface area contributed by atoms with Crippen molar-refractivity contribution in [2.75, 3.05) is 19.7 Å². The third-order valence-electron chi connectivity index (χ3n) is 3.04. The van der Waals surface area contributed by atoms with E-state index >= 15 is 0 Å². The SMILES string of the molecule is Cc1ccc(C(=O)C(=O)N2CCOC(C)C2)cc1. The quantitative estimate of drug-likeness (QED) is 0.586. The van der Waals surface area contributed by atoms with E-state index in [2.05, 4.69) is 0 Å². The molecule has 1 heterocycles. The van der Waals surface area contributed by atoms with Gasteiger partial charge in [-0.1, -0.05) is 29.8 Å². The van der Waals surface area contributed by atoms with Gasteiger partial charge in [0.2, 0.25) is 5.78 Å². The van der Waals surface area contributed by atoms with Crippen LogP contribution in [-0.4, -0.2) is 42.4 Å². The number of ketones is 1. The van der Waals surface area contributed by atoms with E-state index in [4.69, 9.17) is 4.74 Å². The molecule has 1 amide bonds. The maximum Gasteiger partial charge on any atom is 0.295 e. The van der Waals surface area contributed by atoms with Gasteiger partial charge < -0.3 is 9.64 Å². The van der Waals surface area contributed by atoms with Gasteiger partial charge in [0.25, 0.3) is 5.91 Å². The van der Waals surface area contributed by atoms with Crippen molar-refractivity contribution in [3.63, 3.8) is 0 Å². The summed E-state index contributed by atoms with van der Waals surface area (Å²) >= 11 is 0. The minimum atomic E-state index is -0.441. The molecule has 0 saturated carbocycles. The maximum atomic E-state index is 12.0. The van der Waals surface area contributed by atoms with Crippen molar-refractivity contribution in [3.05, 3.63) is 35.4 Å². The number of hydrogen-bond donors (Lipinski definition) is 0. The van der Waals surface area contributed by atoms with Crippen LogP contribution in [0.4, 0.5) is 0 Å². The van der Waals surface area contributed by atoms with Crippen molar-refractivity contribution in [2.24, 2.45) is 0 Å². The molecule has 0 spiro atoms. The smallest absolute Gasteiger partial charge is 0.295 e. The van der Waals surface area contributed by atoms with Gasteiger partial charge in [-0.3, -0.25) is 9.59 Å². The summed E-state index contributed by atoms with van der Waals surface area (Å²) < 4.78 is 5.35. The summed E-state index contributed by atoms with van der Waals surface area (Å²) in [5.74, 6) is -0.877. The molecular formula is C14H17NO3. The van der Waals surface area contributed by atoms with Crippen LogP contribution >= 0.6 is 0 Å². The van der Waals surface area contributed by atoms with Crippen LogP contribution in [0.15, 0.2) is 24.3 Å². The Labute approximate surface area is 107 Å². The van der Waals surface area contributed by atoms with E-state index < -0.39 is 11.7 Å². The lowest BCUT2D eigenvalue weighted by molar-refractivity contribution is -0.133. The van der Waals surface area contributed by atoms with Crippen LogP contribution in [0.1, 0.15) is 22.8 Å². The molecule has 18 heavy (non-hydrogen) atoms. The molecule has 0 aromatic heterocycles. The van der Waals surface area contributed by atoms with Crippen LogP contribution in [0, 0.1) is 6.92 Å². The first kappa shape index (κ1) is 12.8. The largest absolute Gasteiger partial charge is 0.375 e. The second-order valence-corrected chi connectivity index (χ2v) is 4.63. The standard InChI is InChI=1S/C14H17NO3/c1-10-3-5-12(6-4-10)13(16)14(17)15-7-8-18-11(2)9-15/h3-6,11H,7-9H2,1-2H3. The monoisotopic (exact) mass is 247 g/mol. The molecule has 0 bridgehead atoms. The Morgan fingerprint density at radius 2 is 1.94 bits per heavy atom. The summed E-state index contributed by atoms with van der Waals surface area (Å²) in [7, 11) is 0. The average Bonchev–Trinajstić information content (AvgIpc) is 2.38. The summed E-state index contributed by atoms with van der Waals surface area (Å²) in [5.41, 5.74) is 1.52. The molecule has 1 aliphatic rings. The number of amides is 1. The molecule has 1 atom stereocenters. The second kappa shape index (κ2) is 5.31. The molecule has 0 radical (unpaired) electrons. The predicted molar refractivity (Wildman–Crippen MR) is 67.5 cm³/mol. The highest BCUT2D eigenvalue weighted by molar-refractivity contribution is 6.42. The first-order valence-electron chi connectivity index (χ1n) is 6.10. The lowest BCUT2D eigenvalue weighted by atomic mass is 10.1. The van der Waals surface area contributed by atoms with Crippen molar-refractivity contribution in [1.82, 2.24) is 4.90 Å². The number of rotatable bonds is 2. The second-order valence-electron chi connectivity index (χ2n) is 4.63. The summed E-state index contributed by atoms with van der Waals surface area (Å²) in [6.45, 7) is 5.31. The van der Waals surface area contributed by atoms with Crippen LogP contribution in [0.2, 0.25) is 0 Å². The van der Waals surface area contributed by atoms with Gasteiger partial charge in [-0.25, -0.2) is 0 Å². The number of morpholine rings is 1. The zero-order valence-electron chi connectivity index (χ0n) is 10.7. The van der Waals surface area contributed by atoms with E-state index in [1.165, 1.54) is 0 Å². The zero-order valence-corrected chi connectivity index (χ0v) is 10.7. The fourth-order valence-corrected chi connectivity index (χ4v) is 1.97. The molecule has 1 aromatic carbocycles. The van der Waals surface area contributed by atoms with Gasteiger partial charge >= 0.3 is 0 Å². The Morgan fingerprint density at radius 1 is 1.28 bits per heavy atom. The number of nitrogens with zero attached hydrogens (tertiary/aromatic N) is 1. The van der Waals surface area contributed by atoms with Gasteiger partial charge in [0, 0.05) is 18.7 Å². The molecule has 1 aromatic rings. The number of carbonyl (C=O) groups excluding carboxylic acids is 2. The summed E-state index contributed by atoms with van der Waals surface area (Å²) in [5, 5.41) is 0. The van der Waals surface area contributed by atoms with Crippen molar-refractivity contribution in [3.8, 4) is 0 Å². The molecular weight excluding hydrogens is 230 g/mol. The minimum absolute atomic E-state index is 0.00600. The molecule has 4 nitrogen and oxygen atoms in total. The molecule has 0 N–H and O–H groups in total. The lowest BCUT2D eigenvalue weighted by Crippen LogP contribution is -2.47. The van der Waals surface area contributed by atoms with Gasteiger partial charge in [0.1, 0.15) is 0 Å². The molecule has 1 unspecified atom stereocenters. The summed E-state index contributed by atoms with van der Waals surface area (Å²) in [6, 6.07) is 7.06. The Hall–Kier alpha value is -1.68. The third kappa shape index (κ3) is 2.76. The molecule has 0 aliphatic carbocycles. The third-order valence-corrected chi connectivity index (χ3v) is 3.04. The fourth-order valence-electron chi connectivity index (χ4n) is 1.97. The first-order chi connectivity index (χ1) is 8.58. The Morgan fingerprint density at radius 3 is 2.56 bits per heavy atom. The van der Waals surface area contributed by atoms with Gasteiger partial charge in [-0.05, 0) is 13.8 Å². The number of hydrogen-bond acceptors (Lipinski definition) is 3. The number of carbonyl (C=O) groups is 2. The number of benzene rings is 1. The summed E-state index contributed by atoms with van der Waals surface area (Å²) in [6.07, 6.45) is -0.00600. The van der Waals surface area contributed by atoms with E-state index in [0.29, 0.717) is 25.3 Å². The van der Waals surface area contributed by atoms with Crippen LogP contribution in [0.3, 0.4) is 0 Å². The highest BCUT2D eigenvalue weighted by atomic mass is 16.5. The highest BCUT2D eigenvalue weighted by Gasteiger charge is 2.27. The minimum Gasteiger partial charge on any atom is -0.375 e. The highest BCUT2D eigenvalue weighted by Crippen LogP contribution is 2.09. The zero-order chi connectivity index (χ0) is 13.1. The van der Waals surface area contributed by atoms with Crippen LogP contribution in [0.5, 0.6) is 0 Å². The normalized spacial score (nSPS) is 19.7. The molecule has 2 rings (SSSR count). The van der Waals surface area contributed by atoms with E-state index in [-0.39, 0.29) is 6.10 Å². The summed E-state index contributed by atoms with van der Waals surface area (Å²) in [4.78, 5) is 25.6. The number of ether oxygens (including phenoxy) is 1. The van der Waals surface area contributed by atoms with Gasteiger partial charge in [-0.15, -0.1) is 0 Å². The molecule has 96 valence electrons. The van der Waals surface area contributed by atoms with E-state index in [1.807, 2.05) is 26.0 Å². The van der Waals surface area contributed by atoms with Crippen molar-refractivity contribution >= 4 is 11.7 Å². The van der Waals surface area contributed by atoms with Crippen LogP contribution < -0.4 is 0 Å². The Kier molecular flexibility index (Phi) is 3.77. The maximum absolute atomic E-state index is 12.0. The Bertz CT molecular complexity index is 453. The first-order valence-corrected chi connectivity index (χ1v) is 6.10. The molecule has 1 fully saturated rings. The molecule has 1 aliphatic heterocycles. The molecule has 4 heteroatoms. The van der Waals surface area contributed by atoms with Crippen molar-refractivity contribution < 1.29 is 14.3 Å². The number of aryl methyl sites for hydroxylation is 1. The van der Waals surface area contributed by atoms with Gasteiger partial charge in [-0.2, -0.15) is 0 Å². The van der Waals surface area contributed by atoms with Gasteiger partial charge in [0.05, 0.1) is 12.7 Å². The van der Waals surface area contributed by atoms with Crippen LogP contribution in [-0.2, 0) is 9.53 Å². The Balaban J connectivity index is 2.08. The van der Waals surface area contributed by atoms with E-state index in [1.54, 1.807) is 17.0 Å². The van der Waals surface area contributed by atoms with E-state index in [9.17, 15) is 9.59 Å². The topological polar surface area (TPSA) is 46.6 Å². The number of Topliss-reactive ketones (excluding diaryl/α,β-unsaturated/α-hetero) is 1. The fraction of sp³-hybridized carbons (Fsp3) is 0.429. The van der Waals surface area contributed by atoms with Crippen molar-refractivity contribution in [1.29, 1.82) is 0 Å². The average molecular weight is 247 g/mol. The molecule has 1 saturated heterocycles. The predicted octanol–water partition coefficient (Wildman–Crippen LogP) is 1.43. The van der Waals surface area contributed by atoms with Gasteiger partial charge in [0.15, 0.2) is 0 Å². The van der Waals surface area contributed by atoms with Crippen LogP contribution in [0.25, 0.3) is 0 Å². The van der Waals surface area contributed by atoms with Crippen molar-refractivity contribution in [2.45, 2.75) is 20.0 Å².